The number of hydrogen-bond donors (Lipinski definition) is 3. The van der Waals surface area contributed by atoms with Gasteiger partial charge in [-0.2, -0.15) is 0 Å². The first-order chi connectivity index (χ1) is 10.5. The van der Waals surface area contributed by atoms with Crippen LogP contribution in [0.1, 0.15) is 22.3 Å². The first-order valence-electron chi connectivity index (χ1n) is 6.90. The Morgan fingerprint density at radius 3 is 2.41 bits per heavy atom. The van der Waals surface area contributed by atoms with Crippen molar-refractivity contribution >= 4 is 17.8 Å². The molecule has 1 aromatic rings. The number of hydrogen-bond acceptors (Lipinski definition) is 4. The number of benzene rings is 1. The fraction of sp³-hybridized carbons (Fsp3) is 0.400. The van der Waals surface area contributed by atoms with Crippen molar-refractivity contribution in [1.29, 1.82) is 0 Å². The molecule has 1 amide bonds. The van der Waals surface area contributed by atoms with Crippen LogP contribution in [0, 0.1) is 5.92 Å². The van der Waals surface area contributed by atoms with Crippen LogP contribution in [0.4, 0.5) is 0 Å². The predicted octanol–water partition coefficient (Wildman–Crippen LogP) is 0.533. The Kier molecular flexibility index (Phi) is 5.11. The maximum atomic E-state index is 12.0. The standard InChI is InChI=1S/C15H17NO6/c17-13(11-5-6-22-8-11)16-12(15(20)21)7-9-1-3-10(4-2-9)14(18)19/h1-4,11-12H,5-8H2,(H,16,17)(H,18,19)(H,20,21)/t11-,12+/m0/s1. The lowest BCUT2D eigenvalue weighted by Gasteiger charge is -2.17. The average molecular weight is 307 g/mol. The number of carbonyl (C=O) groups is 3. The van der Waals surface area contributed by atoms with E-state index in [2.05, 4.69) is 5.32 Å². The predicted molar refractivity (Wildman–Crippen MR) is 75.6 cm³/mol. The highest BCUT2D eigenvalue weighted by Crippen LogP contribution is 2.13. The summed E-state index contributed by atoms with van der Waals surface area (Å²) < 4.78 is 5.11. The van der Waals surface area contributed by atoms with Crippen molar-refractivity contribution in [2.45, 2.75) is 18.9 Å². The van der Waals surface area contributed by atoms with Gasteiger partial charge in [0.1, 0.15) is 6.04 Å². The van der Waals surface area contributed by atoms with E-state index in [1.54, 1.807) is 12.1 Å². The number of carboxylic acids is 2. The number of rotatable bonds is 6. The Hall–Kier alpha value is -2.41. The van der Waals surface area contributed by atoms with Gasteiger partial charge < -0.3 is 20.3 Å². The molecule has 118 valence electrons. The molecule has 0 radical (unpaired) electrons. The first kappa shape index (κ1) is 16.0. The second-order valence-electron chi connectivity index (χ2n) is 5.17. The fourth-order valence-electron chi connectivity index (χ4n) is 2.25. The number of nitrogens with one attached hydrogen (secondary N) is 1. The molecule has 22 heavy (non-hydrogen) atoms. The van der Waals surface area contributed by atoms with Crippen LogP contribution in [-0.4, -0.2) is 47.3 Å². The zero-order valence-electron chi connectivity index (χ0n) is 11.8. The Morgan fingerprint density at radius 1 is 1.23 bits per heavy atom. The minimum Gasteiger partial charge on any atom is -0.480 e. The SMILES string of the molecule is O=C(O)c1ccc(C[C@@H](NC(=O)[C@H]2CCOC2)C(=O)O)cc1. The molecular formula is C15H17NO6. The molecule has 1 saturated heterocycles. The number of carbonyl (C=O) groups excluding carboxylic acids is 1. The van der Waals surface area contributed by atoms with E-state index in [4.69, 9.17) is 9.84 Å². The van der Waals surface area contributed by atoms with E-state index < -0.39 is 18.0 Å². The van der Waals surface area contributed by atoms with Crippen molar-refractivity contribution in [1.82, 2.24) is 5.32 Å². The molecule has 1 aliphatic rings. The third-order valence-electron chi connectivity index (χ3n) is 3.56. The number of ether oxygens (including phenoxy) is 1. The van der Waals surface area contributed by atoms with Gasteiger partial charge in [0.2, 0.25) is 5.91 Å². The molecule has 1 fully saturated rings. The van der Waals surface area contributed by atoms with Gasteiger partial charge in [-0.25, -0.2) is 9.59 Å². The molecule has 0 unspecified atom stereocenters. The number of amides is 1. The van der Waals surface area contributed by atoms with Gasteiger partial charge in [-0.1, -0.05) is 12.1 Å². The minimum absolute atomic E-state index is 0.0918. The molecule has 1 aromatic carbocycles. The highest BCUT2D eigenvalue weighted by Gasteiger charge is 2.28. The number of aliphatic carboxylic acids is 1. The molecule has 1 aliphatic heterocycles. The van der Waals surface area contributed by atoms with Crippen molar-refractivity contribution in [3.63, 3.8) is 0 Å². The highest BCUT2D eigenvalue weighted by atomic mass is 16.5. The first-order valence-corrected chi connectivity index (χ1v) is 6.90. The molecule has 3 N–H and O–H groups in total. The van der Waals surface area contributed by atoms with Gasteiger partial charge in [0.25, 0.3) is 0 Å². The molecular weight excluding hydrogens is 290 g/mol. The van der Waals surface area contributed by atoms with E-state index in [0.29, 0.717) is 25.2 Å². The molecule has 0 spiro atoms. The van der Waals surface area contributed by atoms with Crippen LogP contribution < -0.4 is 5.32 Å². The number of aromatic carboxylic acids is 1. The fourth-order valence-corrected chi connectivity index (χ4v) is 2.25. The topological polar surface area (TPSA) is 113 Å². The summed E-state index contributed by atoms with van der Waals surface area (Å²) in [5.41, 5.74) is 0.767. The van der Waals surface area contributed by atoms with Gasteiger partial charge in [-0.05, 0) is 24.1 Å². The van der Waals surface area contributed by atoms with Crippen LogP contribution in [0.2, 0.25) is 0 Å². The van der Waals surface area contributed by atoms with Crippen molar-refractivity contribution < 1.29 is 29.3 Å². The summed E-state index contributed by atoms with van der Waals surface area (Å²) in [6.45, 7) is 0.817. The van der Waals surface area contributed by atoms with Gasteiger partial charge in [-0.3, -0.25) is 4.79 Å². The van der Waals surface area contributed by atoms with Crippen LogP contribution in [0.3, 0.4) is 0 Å². The lowest BCUT2D eigenvalue weighted by Crippen LogP contribution is -2.45. The third-order valence-corrected chi connectivity index (χ3v) is 3.56. The van der Waals surface area contributed by atoms with Crippen LogP contribution in [-0.2, 0) is 20.7 Å². The quantitative estimate of drug-likeness (QED) is 0.706. The Bertz CT molecular complexity index is 562. The van der Waals surface area contributed by atoms with Crippen molar-refractivity contribution in [3.05, 3.63) is 35.4 Å². The van der Waals surface area contributed by atoms with Crippen molar-refractivity contribution in [2.24, 2.45) is 5.92 Å². The summed E-state index contributed by atoms with van der Waals surface area (Å²) in [6, 6.07) is 4.85. The molecule has 0 aromatic heterocycles. The summed E-state index contributed by atoms with van der Waals surface area (Å²) in [5, 5.41) is 20.6. The normalized spacial score (nSPS) is 18.6. The smallest absolute Gasteiger partial charge is 0.335 e. The second kappa shape index (κ2) is 7.04. The van der Waals surface area contributed by atoms with Crippen LogP contribution in [0.5, 0.6) is 0 Å². The van der Waals surface area contributed by atoms with E-state index in [-0.39, 0.29) is 23.8 Å². The third kappa shape index (κ3) is 4.05. The van der Waals surface area contributed by atoms with Crippen LogP contribution in [0.25, 0.3) is 0 Å². The summed E-state index contributed by atoms with van der Waals surface area (Å²) in [7, 11) is 0. The monoisotopic (exact) mass is 307 g/mol. The Balaban J connectivity index is 2.00. The summed E-state index contributed by atoms with van der Waals surface area (Å²) >= 11 is 0. The van der Waals surface area contributed by atoms with Crippen molar-refractivity contribution in [3.8, 4) is 0 Å². The van der Waals surface area contributed by atoms with Crippen LogP contribution >= 0.6 is 0 Å². The summed E-state index contributed by atoms with van der Waals surface area (Å²) in [4.78, 5) is 34.0. The Labute approximate surface area is 126 Å². The maximum absolute atomic E-state index is 12.0. The van der Waals surface area contributed by atoms with Gasteiger partial charge in [0, 0.05) is 13.0 Å². The molecule has 1 heterocycles. The van der Waals surface area contributed by atoms with Gasteiger partial charge in [-0.15, -0.1) is 0 Å². The summed E-state index contributed by atoms with van der Waals surface area (Å²) in [5.74, 6) is -2.81. The van der Waals surface area contributed by atoms with Gasteiger partial charge >= 0.3 is 11.9 Å². The van der Waals surface area contributed by atoms with E-state index in [9.17, 15) is 19.5 Å². The molecule has 0 saturated carbocycles. The van der Waals surface area contributed by atoms with Gasteiger partial charge in [0.05, 0.1) is 18.1 Å². The highest BCUT2D eigenvalue weighted by molar-refractivity contribution is 5.87. The van der Waals surface area contributed by atoms with Crippen molar-refractivity contribution in [2.75, 3.05) is 13.2 Å². The zero-order valence-corrected chi connectivity index (χ0v) is 11.8. The van der Waals surface area contributed by atoms with E-state index in [0.717, 1.165) is 0 Å². The van der Waals surface area contributed by atoms with Crippen LogP contribution in [0.15, 0.2) is 24.3 Å². The minimum atomic E-state index is -1.13. The summed E-state index contributed by atoms with van der Waals surface area (Å²) in [6.07, 6.45) is 0.681. The van der Waals surface area contributed by atoms with Gasteiger partial charge in [0.15, 0.2) is 0 Å². The molecule has 2 atom stereocenters. The molecule has 7 heteroatoms. The van der Waals surface area contributed by atoms with E-state index >= 15 is 0 Å². The largest absolute Gasteiger partial charge is 0.480 e. The average Bonchev–Trinajstić information content (AvgIpc) is 3.01. The lowest BCUT2D eigenvalue weighted by atomic mass is 10.0. The molecule has 2 rings (SSSR count). The molecule has 0 aliphatic carbocycles. The van der Waals surface area contributed by atoms with E-state index in [1.807, 2.05) is 0 Å². The Morgan fingerprint density at radius 2 is 1.91 bits per heavy atom. The molecule has 0 bridgehead atoms. The lowest BCUT2D eigenvalue weighted by molar-refractivity contribution is -0.142. The second-order valence-corrected chi connectivity index (χ2v) is 5.17. The molecule has 7 nitrogen and oxygen atoms in total. The maximum Gasteiger partial charge on any atom is 0.335 e. The number of carboxylic acid groups (broad SMARTS) is 2. The zero-order chi connectivity index (χ0) is 16.1. The van der Waals surface area contributed by atoms with E-state index in [1.165, 1.54) is 12.1 Å².